The first-order chi connectivity index (χ1) is 10.7. The number of hydrogen-bond donors (Lipinski definition) is 0. The molecule has 1 amide bonds. The van der Waals surface area contributed by atoms with Crippen LogP contribution in [0.1, 0.15) is 39.5 Å². The van der Waals surface area contributed by atoms with Gasteiger partial charge in [-0.05, 0) is 37.3 Å². The first-order valence-electron chi connectivity index (χ1n) is 7.26. The van der Waals surface area contributed by atoms with E-state index in [4.69, 9.17) is 0 Å². The average Bonchev–Trinajstić information content (AvgIpc) is 3.03. The van der Waals surface area contributed by atoms with Crippen LogP contribution in [0.5, 0.6) is 0 Å². The van der Waals surface area contributed by atoms with E-state index in [1.807, 2.05) is 4.90 Å². The fourth-order valence-electron chi connectivity index (χ4n) is 2.37. The highest BCUT2D eigenvalue weighted by Gasteiger charge is 2.19. The lowest BCUT2D eigenvalue weighted by Crippen LogP contribution is -2.35. The van der Waals surface area contributed by atoms with Crippen LogP contribution in [0.4, 0.5) is 4.39 Å². The van der Waals surface area contributed by atoms with Gasteiger partial charge in [0.15, 0.2) is 5.01 Å². The molecule has 5 heteroatoms. The van der Waals surface area contributed by atoms with Crippen molar-refractivity contribution in [1.82, 2.24) is 9.88 Å². The van der Waals surface area contributed by atoms with Crippen molar-refractivity contribution in [3.63, 3.8) is 0 Å². The molecule has 0 radical (unpaired) electrons. The summed E-state index contributed by atoms with van der Waals surface area (Å²) in [5.74, 6) is 5.26. The first-order valence-corrected chi connectivity index (χ1v) is 8.07. The molecule has 0 spiro atoms. The number of hydrogen-bond acceptors (Lipinski definition) is 3. The van der Waals surface area contributed by atoms with E-state index in [9.17, 15) is 9.18 Å². The van der Waals surface area contributed by atoms with Crippen molar-refractivity contribution in [2.24, 2.45) is 0 Å². The van der Waals surface area contributed by atoms with Gasteiger partial charge in [0.2, 0.25) is 0 Å². The molecule has 2 aromatic rings. The summed E-state index contributed by atoms with van der Waals surface area (Å²) >= 11 is 1.26. The summed E-state index contributed by atoms with van der Waals surface area (Å²) < 4.78 is 13.5. The van der Waals surface area contributed by atoms with Crippen LogP contribution in [0.25, 0.3) is 0 Å². The van der Waals surface area contributed by atoms with E-state index >= 15 is 0 Å². The fourth-order valence-corrected chi connectivity index (χ4v) is 3.10. The van der Waals surface area contributed by atoms with E-state index in [-0.39, 0.29) is 11.7 Å². The Morgan fingerprint density at radius 1 is 1.18 bits per heavy atom. The van der Waals surface area contributed by atoms with Crippen molar-refractivity contribution in [3.05, 3.63) is 51.7 Å². The lowest BCUT2D eigenvalue weighted by Gasteiger charge is -2.25. The van der Waals surface area contributed by atoms with Crippen LogP contribution in [-0.4, -0.2) is 28.9 Å². The van der Waals surface area contributed by atoms with Crippen LogP contribution in [0, 0.1) is 17.7 Å². The van der Waals surface area contributed by atoms with Crippen molar-refractivity contribution in [3.8, 4) is 11.8 Å². The maximum atomic E-state index is 13.5. The molecule has 0 bridgehead atoms. The summed E-state index contributed by atoms with van der Waals surface area (Å²) in [7, 11) is 0. The Morgan fingerprint density at radius 3 is 2.73 bits per heavy atom. The molecular formula is C17H15FN2OS. The number of amides is 1. The summed E-state index contributed by atoms with van der Waals surface area (Å²) in [6.07, 6.45) is 4.87. The maximum absolute atomic E-state index is 13.5. The van der Waals surface area contributed by atoms with Crippen molar-refractivity contribution >= 4 is 17.2 Å². The Bertz CT molecular complexity index is 738. The Morgan fingerprint density at radius 2 is 1.95 bits per heavy atom. The zero-order valence-corrected chi connectivity index (χ0v) is 12.8. The third-order valence-corrected chi connectivity index (χ3v) is 4.44. The van der Waals surface area contributed by atoms with Gasteiger partial charge < -0.3 is 4.90 Å². The minimum absolute atomic E-state index is 0.0242. The molecule has 0 atom stereocenters. The van der Waals surface area contributed by atoms with Crippen molar-refractivity contribution < 1.29 is 9.18 Å². The molecule has 2 heterocycles. The second-order valence-electron chi connectivity index (χ2n) is 5.11. The van der Waals surface area contributed by atoms with Gasteiger partial charge in [0, 0.05) is 13.1 Å². The number of likely N-dealkylation sites (tertiary alicyclic amines) is 1. The van der Waals surface area contributed by atoms with Crippen molar-refractivity contribution in [2.75, 3.05) is 13.1 Å². The van der Waals surface area contributed by atoms with E-state index in [0.29, 0.717) is 15.4 Å². The number of carbonyl (C=O) groups is 1. The van der Waals surface area contributed by atoms with Gasteiger partial charge in [-0.2, -0.15) is 0 Å². The highest BCUT2D eigenvalue weighted by atomic mass is 32.1. The number of piperidine rings is 1. The molecule has 0 saturated carbocycles. The standard InChI is InChI=1S/C17H15FN2OS/c18-14-7-3-2-6-13(14)8-9-16-19-12-15(22-16)17(21)20-10-4-1-5-11-20/h2-3,6-7,12H,1,4-5,10-11H2. The molecule has 0 unspecified atom stereocenters. The molecular weight excluding hydrogens is 299 g/mol. The Labute approximate surface area is 132 Å². The number of nitrogens with zero attached hydrogens (tertiary/aromatic N) is 2. The first kappa shape index (κ1) is 14.7. The minimum Gasteiger partial charge on any atom is -0.338 e. The van der Waals surface area contributed by atoms with E-state index in [2.05, 4.69) is 16.8 Å². The predicted octanol–water partition coefficient (Wildman–Crippen LogP) is 3.31. The smallest absolute Gasteiger partial charge is 0.265 e. The van der Waals surface area contributed by atoms with E-state index < -0.39 is 0 Å². The van der Waals surface area contributed by atoms with Gasteiger partial charge in [-0.1, -0.05) is 18.1 Å². The SMILES string of the molecule is O=C(c1cnc(C#Cc2ccccc2F)s1)N1CCCCC1. The van der Waals surface area contributed by atoms with E-state index in [1.165, 1.54) is 23.8 Å². The van der Waals surface area contributed by atoms with Crippen molar-refractivity contribution in [2.45, 2.75) is 19.3 Å². The normalized spacial score (nSPS) is 14.3. The minimum atomic E-state index is -0.351. The third kappa shape index (κ3) is 3.34. The van der Waals surface area contributed by atoms with Gasteiger partial charge in [-0.15, -0.1) is 11.3 Å². The lowest BCUT2D eigenvalue weighted by atomic mass is 10.1. The number of benzene rings is 1. The summed E-state index contributed by atoms with van der Waals surface area (Å²) in [6.45, 7) is 1.62. The van der Waals surface area contributed by atoms with Gasteiger partial charge in [-0.25, -0.2) is 9.37 Å². The highest BCUT2D eigenvalue weighted by molar-refractivity contribution is 7.14. The lowest BCUT2D eigenvalue weighted by molar-refractivity contribution is 0.0729. The summed E-state index contributed by atoms with van der Waals surface area (Å²) in [5.41, 5.74) is 0.335. The van der Waals surface area contributed by atoms with Crippen molar-refractivity contribution in [1.29, 1.82) is 0 Å². The van der Waals surface area contributed by atoms with Crippen LogP contribution in [0.3, 0.4) is 0 Å². The quantitative estimate of drug-likeness (QED) is 0.757. The Balaban J connectivity index is 1.74. The van der Waals surface area contributed by atoms with Crippen LogP contribution >= 0.6 is 11.3 Å². The molecule has 0 N–H and O–H groups in total. The largest absolute Gasteiger partial charge is 0.338 e. The van der Waals surface area contributed by atoms with Crippen LogP contribution < -0.4 is 0 Å². The molecule has 0 aliphatic carbocycles. The average molecular weight is 314 g/mol. The third-order valence-electron chi connectivity index (χ3n) is 3.54. The second kappa shape index (κ2) is 6.71. The van der Waals surface area contributed by atoms with E-state index in [0.717, 1.165) is 25.9 Å². The Kier molecular flexibility index (Phi) is 4.50. The molecule has 3 rings (SSSR count). The van der Waals surface area contributed by atoms with Crippen LogP contribution in [0.15, 0.2) is 30.5 Å². The molecule has 22 heavy (non-hydrogen) atoms. The van der Waals surface area contributed by atoms with Gasteiger partial charge in [0.1, 0.15) is 10.7 Å². The van der Waals surface area contributed by atoms with Gasteiger partial charge >= 0.3 is 0 Å². The number of aromatic nitrogens is 1. The topological polar surface area (TPSA) is 33.2 Å². The number of rotatable bonds is 1. The van der Waals surface area contributed by atoms with E-state index in [1.54, 1.807) is 24.4 Å². The van der Waals surface area contributed by atoms with Gasteiger partial charge in [0.25, 0.3) is 5.91 Å². The molecule has 112 valence electrons. The molecule has 1 saturated heterocycles. The molecule has 1 aliphatic heterocycles. The monoisotopic (exact) mass is 314 g/mol. The summed E-state index contributed by atoms with van der Waals surface area (Å²) in [4.78, 5) is 18.9. The molecule has 3 nitrogen and oxygen atoms in total. The Hall–Kier alpha value is -2.19. The second-order valence-corrected chi connectivity index (χ2v) is 6.14. The molecule has 1 aromatic carbocycles. The zero-order valence-electron chi connectivity index (χ0n) is 12.0. The number of halogens is 1. The van der Waals surface area contributed by atoms with Gasteiger partial charge in [-0.3, -0.25) is 4.79 Å². The molecule has 1 aromatic heterocycles. The fraction of sp³-hybridized carbons (Fsp3) is 0.294. The van der Waals surface area contributed by atoms with Crippen LogP contribution in [-0.2, 0) is 0 Å². The summed E-state index contributed by atoms with van der Waals surface area (Å²) in [5, 5.41) is 0.531. The number of thiazole rings is 1. The van der Waals surface area contributed by atoms with Gasteiger partial charge in [0.05, 0.1) is 11.8 Å². The zero-order chi connectivity index (χ0) is 15.4. The number of carbonyl (C=O) groups excluding carboxylic acids is 1. The highest BCUT2D eigenvalue weighted by Crippen LogP contribution is 2.18. The molecule has 1 fully saturated rings. The maximum Gasteiger partial charge on any atom is 0.265 e. The molecule has 1 aliphatic rings. The van der Waals surface area contributed by atoms with Crippen LogP contribution in [0.2, 0.25) is 0 Å². The summed E-state index contributed by atoms with van der Waals surface area (Å²) in [6, 6.07) is 6.35. The predicted molar refractivity (Wildman–Crippen MR) is 84.2 cm³/mol.